The van der Waals surface area contributed by atoms with Crippen LogP contribution in [0, 0.1) is 0 Å². The van der Waals surface area contributed by atoms with Gasteiger partial charge in [-0.1, -0.05) is 34.1 Å². The second-order valence-corrected chi connectivity index (χ2v) is 6.89. The number of hydrogen-bond donors (Lipinski definition) is 1. The molecule has 1 aromatic carbocycles. The molecule has 0 saturated carbocycles. The van der Waals surface area contributed by atoms with E-state index in [0.29, 0.717) is 19.7 Å². The molecule has 2 unspecified atom stereocenters. The maximum Gasteiger partial charge on any atom is 0.239 e. The Balaban J connectivity index is 2.00. The summed E-state index contributed by atoms with van der Waals surface area (Å²) in [5, 5.41) is 0. The van der Waals surface area contributed by atoms with E-state index in [2.05, 4.69) is 15.9 Å². The molecule has 4 nitrogen and oxygen atoms in total. The van der Waals surface area contributed by atoms with E-state index in [1.165, 1.54) is 0 Å². The smallest absolute Gasteiger partial charge is 0.239 e. The van der Waals surface area contributed by atoms with Crippen molar-refractivity contribution < 1.29 is 9.53 Å². The number of thioether (sulfide) groups is 1. The Morgan fingerprint density at radius 1 is 1.57 bits per heavy atom. The normalized spacial score (nSPS) is 20.3. The van der Waals surface area contributed by atoms with Gasteiger partial charge in [0.2, 0.25) is 5.91 Å². The molecular weight excluding hydrogens is 352 g/mol. The fourth-order valence-corrected chi connectivity index (χ4v) is 3.41. The Hall–Kier alpha value is -0.560. The molecule has 2 N–H and O–H groups in total. The van der Waals surface area contributed by atoms with Crippen molar-refractivity contribution in [3.8, 4) is 0 Å². The van der Waals surface area contributed by atoms with Gasteiger partial charge in [0.05, 0.1) is 19.2 Å². The lowest BCUT2D eigenvalue weighted by molar-refractivity contribution is -0.140. The Morgan fingerprint density at radius 2 is 2.33 bits per heavy atom. The van der Waals surface area contributed by atoms with Crippen molar-refractivity contribution in [3.63, 3.8) is 0 Å². The van der Waals surface area contributed by atoms with Gasteiger partial charge in [0.25, 0.3) is 0 Å². The molecule has 1 aliphatic rings. The zero-order valence-corrected chi connectivity index (χ0v) is 14.5. The molecule has 2 rings (SSSR count). The third-order valence-corrected chi connectivity index (χ3v) is 4.95. The van der Waals surface area contributed by atoms with Gasteiger partial charge in [-0.3, -0.25) is 4.79 Å². The molecule has 1 aliphatic heterocycles. The minimum atomic E-state index is -0.407. The van der Waals surface area contributed by atoms with E-state index < -0.39 is 6.04 Å². The van der Waals surface area contributed by atoms with E-state index in [-0.39, 0.29) is 12.0 Å². The molecule has 1 amide bonds. The summed E-state index contributed by atoms with van der Waals surface area (Å²) in [6.07, 6.45) is 2.65. The average Bonchev–Trinajstić information content (AvgIpc) is 2.52. The topological polar surface area (TPSA) is 55.6 Å². The van der Waals surface area contributed by atoms with Crippen LogP contribution in [0.2, 0.25) is 0 Å². The first-order valence-corrected chi connectivity index (χ1v) is 9.21. The predicted octanol–water partition coefficient (Wildman–Crippen LogP) is 2.43. The van der Waals surface area contributed by atoms with Gasteiger partial charge >= 0.3 is 0 Å². The third-order valence-electron chi connectivity index (χ3n) is 3.58. The molecule has 1 fully saturated rings. The van der Waals surface area contributed by atoms with E-state index >= 15 is 0 Å². The summed E-state index contributed by atoms with van der Waals surface area (Å²) in [5.74, 6) is 0.940. The van der Waals surface area contributed by atoms with E-state index in [1.54, 1.807) is 11.8 Å². The number of hydrogen-bond acceptors (Lipinski definition) is 4. The van der Waals surface area contributed by atoms with Crippen molar-refractivity contribution in [2.75, 3.05) is 31.7 Å². The van der Waals surface area contributed by atoms with Crippen molar-refractivity contribution >= 4 is 33.6 Å². The second kappa shape index (κ2) is 8.17. The SMILES string of the molecule is CSCCC(N)C(=O)N1CCOC(c2ccccc2Br)C1. The first-order chi connectivity index (χ1) is 10.1. The van der Waals surface area contributed by atoms with Crippen molar-refractivity contribution in [3.05, 3.63) is 34.3 Å². The summed E-state index contributed by atoms with van der Waals surface area (Å²) < 4.78 is 6.83. The van der Waals surface area contributed by atoms with E-state index in [0.717, 1.165) is 22.2 Å². The average molecular weight is 373 g/mol. The zero-order chi connectivity index (χ0) is 15.2. The maximum absolute atomic E-state index is 12.4. The monoisotopic (exact) mass is 372 g/mol. The molecule has 6 heteroatoms. The summed E-state index contributed by atoms with van der Waals surface area (Å²) in [6.45, 7) is 1.73. The van der Waals surface area contributed by atoms with Crippen LogP contribution in [0.5, 0.6) is 0 Å². The van der Waals surface area contributed by atoms with E-state index in [1.807, 2.05) is 35.4 Å². The van der Waals surface area contributed by atoms with Crippen molar-refractivity contribution in [2.24, 2.45) is 5.73 Å². The van der Waals surface area contributed by atoms with Crippen LogP contribution in [0.3, 0.4) is 0 Å². The third kappa shape index (κ3) is 4.45. The quantitative estimate of drug-likeness (QED) is 0.862. The molecule has 0 spiro atoms. The van der Waals surface area contributed by atoms with Gasteiger partial charge in [0, 0.05) is 11.0 Å². The highest BCUT2D eigenvalue weighted by Gasteiger charge is 2.28. The molecule has 1 saturated heterocycles. The fraction of sp³-hybridized carbons (Fsp3) is 0.533. The number of amides is 1. The molecular formula is C15H21BrN2O2S. The largest absolute Gasteiger partial charge is 0.370 e. The molecule has 116 valence electrons. The van der Waals surface area contributed by atoms with Crippen LogP contribution >= 0.6 is 27.7 Å². The molecule has 21 heavy (non-hydrogen) atoms. The van der Waals surface area contributed by atoms with Gasteiger partial charge in [0.15, 0.2) is 0 Å². The summed E-state index contributed by atoms with van der Waals surface area (Å²) >= 11 is 5.25. The van der Waals surface area contributed by atoms with Gasteiger partial charge < -0.3 is 15.4 Å². The minimum Gasteiger partial charge on any atom is -0.370 e. The number of nitrogens with zero attached hydrogens (tertiary/aromatic N) is 1. The molecule has 2 atom stereocenters. The fourth-order valence-electron chi connectivity index (χ4n) is 2.38. The Labute approximate surface area is 138 Å². The highest BCUT2D eigenvalue weighted by atomic mass is 79.9. The van der Waals surface area contributed by atoms with Gasteiger partial charge in [-0.25, -0.2) is 0 Å². The number of carbonyl (C=O) groups excluding carboxylic acids is 1. The number of benzene rings is 1. The zero-order valence-electron chi connectivity index (χ0n) is 12.1. The van der Waals surface area contributed by atoms with Crippen LogP contribution in [0.15, 0.2) is 28.7 Å². The van der Waals surface area contributed by atoms with Gasteiger partial charge in [0.1, 0.15) is 6.10 Å². The first-order valence-electron chi connectivity index (χ1n) is 7.02. The number of halogens is 1. The first kappa shape index (κ1) is 16.8. The molecule has 1 aromatic rings. The van der Waals surface area contributed by atoms with Gasteiger partial charge in [-0.05, 0) is 30.1 Å². The van der Waals surface area contributed by atoms with Crippen molar-refractivity contribution in [1.82, 2.24) is 4.90 Å². The standard InChI is InChI=1S/C15H21BrN2O2S/c1-21-9-6-13(17)15(19)18-7-8-20-14(10-18)11-4-2-3-5-12(11)16/h2-5,13-14H,6-10,17H2,1H3. The number of nitrogens with two attached hydrogens (primary N) is 1. The molecule has 0 aliphatic carbocycles. The van der Waals surface area contributed by atoms with Crippen LogP contribution in [-0.2, 0) is 9.53 Å². The Morgan fingerprint density at radius 3 is 3.05 bits per heavy atom. The van der Waals surface area contributed by atoms with Gasteiger partial charge in [-0.15, -0.1) is 0 Å². The lowest BCUT2D eigenvalue weighted by Gasteiger charge is -2.35. The minimum absolute atomic E-state index is 0.0319. The lowest BCUT2D eigenvalue weighted by atomic mass is 10.1. The number of carbonyl (C=O) groups is 1. The molecule has 1 heterocycles. The van der Waals surface area contributed by atoms with Crippen LogP contribution in [0.1, 0.15) is 18.1 Å². The molecule has 0 bridgehead atoms. The van der Waals surface area contributed by atoms with E-state index in [4.69, 9.17) is 10.5 Å². The van der Waals surface area contributed by atoms with E-state index in [9.17, 15) is 4.79 Å². The van der Waals surface area contributed by atoms with Crippen LogP contribution in [0.25, 0.3) is 0 Å². The van der Waals surface area contributed by atoms with Crippen LogP contribution < -0.4 is 5.73 Å². The van der Waals surface area contributed by atoms with Crippen molar-refractivity contribution in [1.29, 1.82) is 0 Å². The maximum atomic E-state index is 12.4. The Kier molecular flexibility index (Phi) is 6.54. The van der Waals surface area contributed by atoms with Gasteiger partial charge in [-0.2, -0.15) is 11.8 Å². The summed E-state index contributed by atoms with van der Waals surface area (Å²) in [5.41, 5.74) is 7.07. The number of ether oxygens (including phenoxy) is 1. The summed E-state index contributed by atoms with van der Waals surface area (Å²) in [6, 6.07) is 7.56. The second-order valence-electron chi connectivity index (χ2n) is 5.05. The highest BCUT2D eigenvalue weighted by molar-refractivity contribution is 9.10. The highest BCUT2D eigenvalue weighted by Crippen LogP contribution is 2.28. The van der Waals surface area contributed by atoms with Crippen LogP contribution in [0.4, 0.5) is 0 Å². The molecule has 0 radical (unpaired) electrons. The number of morpholine rings is 1. The number of rotatable bonds is 5. The molecule has 0 aromatic heterocycles. The van der Waals surface area contributed by atoms with Crippen LogP contribution in [-0.4, -0.2) is 48.6 Å². The summed E-state index contributed by atoms with van der Waals surface area (Å²) in [7, 11) is 0. The summed E-state index contributed by atoms with van der Waals surface area (Å²) in [4.78, 5) is 14.2. The lowest BCUT2D eigenvalue weighted by Crippen LogP contribution is -2.49. The predicted molar refractivity (Wildman–Crippen MR) is 90.4 cm³/mol. The Bertz CT molecular complexity index is 486. The van der Waals surface area contributed by atoms with Crippen molar-refractivity contribution in [2.45, 2.75) is 18.6 Å².